The predicted molar refractivity (Wildman–Crippen MR) is 52.7 cm³/mol. The minimum Gasteiger partial charge on any atom is -0.508 e. The lowest BCUT2D eigenvalue weighted by atomic mass is 9.89. The summed E-state index contributed by atoms with van der Waals surface area (Å²) in [6.45, 7) is 0. The van der Waals surface area contributed by atoms with Crippen molar-refractivity contribution in [2.75, 3.05) is 0 Å². The van der Waals surface area contributed by atoms with Gasteiger partial charge < -0.3 is 15.3 Å². The van der Waals surface area contributed by atoms with Gasteiger partial charge in [-0.1, -0.05) is 18.2 Å². The normalized spacial score (nSPS) is 19.5. The molecule has 1 atom stereocenters. The van der Waals surface area contributed by atoms with Crippen molar-refractivity contribution in [1.29, 1.82) is 0 Å². The number of phenols is 1. The van der Waals surface area contributed by atoms with Crippen molar-refractivity contribution in [2.45, 2.75) is 24.4 Å². The highest BCUT2D eigenvalue weighted by atomic mass is 16.4. The summed E-state index contributed by atoms with van der Waals surface area (Å²) in [6.07, 6.45) is -0.249. The first-order chi connectivity index (χ1) is 7.08. The van der Waals surface area contributed by atoms with Gasteiger partial charge in [0.1, 0.15) is 5.75 Å². The van der Waals surface area contributed by atoms with E-state index in [1.54, 1.807) is 18.2 Å². The molecule has 0 spiro atoms. The van der Waals surface area contributed by atoms with Gasteiger partial charge >= 0.3 is 5.97 Å². The van der Waals surface area contributed by atoms with Crippen LogP contribution < -0.4 is 0 Å². The number of rotatable bonds is 3. The van der Waals surface area contributed by atoms with E-state index in [0.29, 0.717) is 18.4 Å². The second-order valence-electron chi connectivity index (χ2n) is 3.91. The Balaban J connectivity index is 2.39. The molecule has 0 amide bonds. The Bertz CT molecular complexity index is 395. The predicted octanol–water partition coefficient (Wildman–Crippen LogP) is 0.869. The Morgan fingerprint density at radius 1 is 1.33 bits per heavy atom. The Labute approximate surface area is 86.8 Å². The van der Waals surface area contributed by atoms with Crippen LogP contribution in [0, 0.1) is 0 Å². The summed E-state index contributed by atoms with van der Waals surface area (Å²) in [5.74, 6) is -1.19. The molecule has 1 aliphatic carbocycles. The molecule has 2 rings (SSSR count). The number of aromatic hydroxyl groups is 1. The van der Waals surface area contributed by atoms with Crippen LogP contribution in [0.4, 0.5) is 0 Å². The number of aliphatic hydroxyl groups is 1. The fourth-order valence-corrected chi connectivity index (χ4v) is 1.96. The van der Waals surface area contributed by atoms with Crippen LogP contribution in [0.5, 0.6) is 5.75 Å². The molecule has 1 aromatic rings. The molecule has 0 radical (unpaired) electrons. The maximum absolute atomic E-state index is 10.7. The number of aliphatic carboxylic acids is 1. The van der Waals surface area contributed by atoms with Crippen LogP contribution in [-0.2, 0) is 10.2 Å². The fourth-order valence-electron chi connectivity index (χ4n) is 1.96. The van der Waals surface area contributed by atoms with Gasteiger partial charge in [-0.15, -0.1) is 0 Å². The van der Waals surface area contributed by atoms with E-state index in [-0.39, 0.29) is 5.75 Å². The van der Waals surface area contributed by atoms with E-state index in [4.69, 9.17) is 5.11 Å². The maximum Gasteiger partial charge on any atom is 0.333 e. The van der Waals surface area contributed by atoms with Gasteiger partial charge in [0, 0.05) is 11.0 Å². The average Bonchev–Trinajstić information content (AvgIpc) is 2.98. The van der Waals surface area contributed by atoms with E-state index >= 15 is 0 Å². The summed E-state index contributed by atoms with van der Waals surface area (Å²) in [7, 11) is 0. The van der Waals surface area contributed by atoms with E-state index < -0.39 is 17.5 Å². The molecule has 0 saturated heterocycles. The molecule has 1 fully saturated rings. The van der Waals surface area contributed by atoms with Crippen molar-refractivity contribution in [3.63, 3.8) is 0 Å². The molecule has 4 nitrogen and oxygen atoms in total. The minimum absolute atomic E-state index is 0.0512. The molecular formula is C11H12O4. The number of hydrogen-bond donors (Lipinski definition) is 3. The topological polar surface area (TPSA) is 77.8 Å². The molecule has 1 aliphatic rings. The Kier molecular flexibility index (Phi) is 2.16. The van der Waals surface area contributed by atoms with Crippen molar-refractivity contribution >= 4 is 5.97 Å². The van der Waals surface area contributed by atoms with Crippen molar-refractivity contribution in [1.82, 2.24) is 0 Å². The maximum atomic E-state index is 10.7. The van der Waals surface area contributed by atoms with E-state index in [9.17, 15) is 15.0 Å². The Morgan fingerprint density at radius 3 is 2.40 bits per heavy atom. The van der Waals surface area contributed by atoms with Crippen LogP contribution in [0.25, 0.3) is 0 Å². The van der Waals surface area contributed by atoms with Gasteiger partial charge in [0.25, 0.3) is 0 Å². The van der Waals surface area contributed by atoms with Crippen LogP contribution in [0.1, 0.15) is 18.4 Å². The first-order valence-corrected chi connectivity index (χ1v) is 4.77. The zero-order chi connectivity index (χ0) is 11.1. The van der Waals surface area contributed by atoms with E-state index in [2.05, 4.69) is 0 Å². The van der Waals surface area contributed by atoms with Crippen LogP contribution in [-0.4, -0.2) is 27.4 Å². The van der Waals surface area contributed by atoms with Crippen molar-refractivity contribution in [2.24, 2.45) is 0 Å². The molecule has 15 heavy (non-hydrogen) atoms. The first kappa shape index (κ1) is 9.98. The fraction of sp³-hybridized carbons (Fsp3) is 0.364. The summed E-state index contributed by atoms with van der Waals surface area (Å²) in [4.78, 5) is 10.7. The molecule has 1 unspecified atom stereocenters. The highest BCUT2D eigenvalue weighted by Gasteiger charge is 2.54. The molecule has 3 N–H and O–H groups in total. The number of benzene rings is 1. The lowest BCUT2D eigenvalue weighted by Crippen LogP contribution is -2.33. The number of carbonyl (C=O) groups is 1. The van der Waals surface area contributed by atoms with Gasteiger partial charge in [-0.2, -0.15) is 0 Å². The second kappa shape index (κ2) is 3.24. The average molecular weight is 208 g/mol. The van der Waals surface area contributed by atoms with Gasteiger partial charge in [0.15, 0.2) is 6.10 Å². The van der Waals surface area contributed by atoms with Gasteiger partial charge in [0.2, 0.25) is 0 Å². The second-order valence-corrected chi connectivity index (χ2v) is 3.91. The molecule has 80 valence electrons. The van der Waals surface area contributed by atoms with Crippen LogP contribution >= 0.6 is 0 Å². The summed E-state index contributed by atoms with van der Waals surface area (Å²) in [6, 6.07) is 6.56. The first-order valence-electron chi connectivity index (χ1n) is 4.77. The van der Waals surface area contributed by atoms with Crippen LogP contribution in [0.15, 0.2) is 24.3 Å². The SMILES string of the molecule is O=C(O)C(O)C1(c2ccccc2O)CC1. The molecule has 0 bridgehead atoms. The van der Waals surface area contributed by atoms with Gasteiger partial charge in [-0.05, 0) is 18.9 Å². The number of carboxylic acid groups (broad SMARTS) is 1. The third kappa shape index (κ3) is 1.47. The summed E-state index contributed by atoms with van der Waals surface area (Å²) in [5, 5.41) is 28.0. The summed E-state index contributed by atoms with van der Waals surface area (Å²) < 4.78 is 0. The number of aliphatic hydroxyl groups excluding tert-OH is 1. The third-order valence-electron chi connectivity index (χ3n) is 2.99. The molecule has 4 heteroatoms. The number of phenolic OH excluding ortho intramolecular Hbond substituents is 1. The van der Waals surface area contributed by atoms with Crippen molar-refractivity contribution < 1.29 is 20.1 Å². The lowest BCUT2D eigenvalue weighted by Gasteiger charge is -2.19. The molecule has 1 saturated carbocycles. The molecule has 1 aromatic carbocycles. The molecular weight excluding hydrogens is 196 g/mol. The van der Waals surface area contributed by atoms with Crippen molar-refractivity contribution in [3.05, 3.63) is 29.8 Å². The standard InChI is InChI=1S/C11H12O4/c12-8-4-2-1-3-7(8)11(5-6-11)9(13)10(14)15/h1-4,9,12-13H,5-6H2,(H,14,15). The molecule has 0 aromatic heterocycles. The quantitative estimate of drug-likeness (QED) is 0.688. The zero-order valence-electron chi connectivity index (χ0n) is 8.05. The minimum atomic E-state index is -1.44. The highest BCUT2D eigenvalue weighted by molar-refractivity contribution is 5.76. The molecule has 0 heterocycles. The highest BCUT2D eigenvalue weighted by Crippen LogP contribution is 2.53. The number of hydrogen-bond acceptors (Lipinski definition) is 3. The lowest BCUT2D eigenvalue weighted by molar-refractivity contribution is -0.148. The largest absolute Gasteiger partial charge is 0.508 e. The monoisotopic (exact) mass is 208 g/mol. The Hall–Kier alpha value is -1.55. The van der Waals surface area contributed by atoms with Gasteiger partial charge in [0.05, 0.1) is 0 Å². The summed E-state index contributed by atoms with van der Waals surface area (Å²) in [5.41, 5.74) is -0.253. The number of carboxylic acids is 1. The van der Waals surface area contributed by atoms with Gasteiger partial charge in [-0.25, -0.2) is 4.79 Å². The van der Waals surface area contributed by atoms with E-state index in [1.807, 2.05) is 0 Å². The smallest absolute Gasteiger partial charge is 0.333 e. The third-order valence-corrected chi connectivity index (χ3v) is 2.99. The van der Waals surface area contributed by atoms with E-state index in [1.165, 1.54) is 6.07 Å². The van der Waals surface area contributed by atoms with Crippen LogP contribution in [0.3, 0.4) is 0 Å². The zero-order valence-corrected chi connectivity index (χ0v) is 8.05. The Morgan fingerprint density at radius 2 is 1.93 bits per heavy atom. The van der Waals surface area contributed by atoms with Gasteiger partial charge in [-0.3, -0.25) is 0 Å². The van der Waals surface area contributed by atoms with Crippen LogP contribution in [0.2, 0.25) is 0 Å². The molecule has 0 aliphatic heterocycles. The number of para-hydroxylation sites is 1. The van der Waals surface area contributed by atoms with Crippen molar-refractivity contribution in [3.8, 4) is 5.75 Å². The van der Waals surface area contributed by atoms with E-state index in [0.717, 1.165) is 0 Å². The summed E-state index contributed by atoms with van der Waals surface area (Å²) >= 11 is 0.